The quantitative estimate of drug-likeness (QED) is 0.755. The molecule has 2 rings (SSSR count). The second-order valence-electron chi connectivity index (χ2n) is 7.27. The van der Waals surface area contributed by atoms with Crippen molar-refractivity contribution in [1.82, 2.24) is 0 Å². The van der Waals surface area contributed by atoms with Crippen molar-refractivity contribution in [2.24, 2.45) is 5.92 Å². The predicted molar refractivity (Wildman–Crippen MR) is 84.7 cm³/mol. The van der Waals surface area contributed by atoms with Crippen LogP contribution in [-0.4, -0.2) is 18.3 Å². The Hall–Kier alpha value is -0.795. The maximum atomic E-state index is 6.26. The third kappa shape index (κ3) is 3.10. The summed E-state index contributed by atoms with van der Waals surface area (Å²) in [4.78, 5) is 0. The summed E-state index contributed by atoms with van der Waals surface area (Å²) in [5.74, 6) is 0.900. The number of hydrogen-bond acceptors (Lipinski definition) is 2. The highest BCUT2D eigenvalue weighted by Crippen LogP contribution is 2.42. The predicted octanol–water partition coefficient (Wildman–Crippen LogP) is 4.45. The van der Waals surface area contributed by atoms with Crippen LogP contribution in [0, 0.1) is 5.92 Å². The average Bonchev–Trinajstić information content (AvgIpc) is 2.56. The van der Waals surface area contributed by atoms with Crippen molar-refractivity contribution < 1.29 is 9.31 Å². The van der Waals surface area contributed by atoms with E-state index in [1.165, 1.54) is 5.56 Å². The van der Waals surface area contributed by atoms with Crippen molar-refractivity contribution in [2.45, 2.75) is 65.0 Å². The van der Waals surface area contributed by atoms with Crippen LogP contribution in [0.3, 0.4) is 0 Å². The third-order valence-electron chi connectivity index (χ3n) is 4.55. The summed E-state index contributed by atoms with van der Waals surface area (Å²) in [6.07, 6.45) is 1.07. The van der Waals surface area contributed by atoms with Gasteiger partial charge in [-0.05, 0) is 45.6 Å². The van der Waals surface area contributed by atoms with Crippen LogP contribution in [-0.2, 0) is 9.31 Å². The highest BCUT2D eigenvalue weighted by atomic mass is 16.7. The maximum absolute atomic E-state index is 6.26. The van der Waals surface area contributed by atoms with Gasteiger partial charge in [-0.3, -0.25) is 0 Å². The molecule has 1 aromatic carbocycles. The second kappa shape index (κ2) is 5.53. The van der Waals surface area contributed by atoms with E-state index in [4.69, 9.17) is 9.31 Å². The largest absolute Gasteiger partial charge is 0.465 e. The van der Waals surface area contributed by atoms with E-state index in [-0.39, 0.29) is 24.1 Å². The minimum atomic E-state index is -0.262. The van der Waals surface area contributed by atoms with Crippen LogP contribution in [0.25, 0.3) is 0 Å². The molecule has 1 aromatic rings. The molecule has 0 aromatic heterocycles. The monoisotopic (exact) mass is 274 g/mol. The van der Waals surface area contributed by atoms with Gasteiger partial charge in [-0.2, -0.15) is 0 Å². The van der Waals surface area contributed by atoms with Gasteiger partial charge in [-0.1, -0.05) is 44.2 Å². The third-order valence-corrected chi connectivity index (χ3v) is 4.55. The van der Waals surface area contributed by atoms with Gasteiger partial charge in [0.2, 0.25) is 0 Å². The van der Waals surface area contributed by atoms with Crippen LogP contribution in [0.15, 0.2) is 30.3 Å². The topological polar surface area (TPSA) is 18.5 Å². The molecule has 0 spiro atoms. The van der Waals surface area contributed by atoms with Crippen molar-refractivity contribution >= 4 is 7.12 Å². The fraction of sp³-hybridized carbons (Fsp3) is 0.647. The Morgan fingerprint density at radius 2 is 1.45 bits per heavy atom. The first kappa shape index (κ1) is 15.6. The van der Waals surface area contributed by atoms with Gasteiger partial charge >= 0.3 is 7.12 Å². The summed E-state index contributed by atoms with van der Waals surface area (Å²) in [5.41, 5.74) is 0.781. The molecule has 1 heterocycles. The molecule has 1 aliphatic heterocycles. The summed E-state index contributed by atoms with van der Waals surface area (Å²) in [6.45, 7) is 13.0. The lowest BCUT2D eigenvalue weighted by atomic mass is 9.64. The lowest BCUT2D eigenvalue weighted by molar-refractivity contribution is 0.00578. The highest BCUT2D eigenvalue weighted by Gasteiger charge is 2.53. The Morgan fingerprint density at radius 3 is 1.90 bits per heavy atom. The van der Waals surface area contributed by atoms with Crippen LogP contribution in [0.5, 0.6) is 0 Å². The molecule has 0 bridgehead atoms. The van der Waals surface area contributed by atoms with Crippen molar-refractivity contribution in [3.05, 3.63) is 35.9 Å². The summed E-state index contributed by atoms with van der Waals surface area (Å²) >= 11 is 0. The van der Waals surface area contributed by atoms with Crippen molar-refractivity contribution in [3.63, 3.8) is 0 Å². The molecule has 0 radical (unpaired) electrons. The summed E-state index contributed by atoms with van der Waals surface area (Å²) in [6, 6.07) is 10.6. The van der Waals surface area contributed by atoms with Gasteiger partial charge in [-0.25, -0.2) is 0 Å². The van der Waals surface area contributed by atoms with E-state index in [0.717, 1.165) is 6.42 Å². The SMILES string of the molecule is CC(C)C[C@H](B1OC(C)(C)C(C)(C)O1)c1ccccc1. The standard InChI is InChI=1S/C17H27BO2/c1-13(2)12-15(14-10-8-7-9-11-14)18-19-16(3,4)17(5,6)20-18/h7-11,13,15H,12H2,1-6H3/t15-/m0/s1. The van der Waals surface area contributed by atoms with Gasteiger partial charge in [0.25, 0.3) is 0 Å². The first-order valence-corrected chi connectivity index (χ1v) is 7.63. The first-order valence-electron chi connectivity index (χ1n) is 7.63. The van der Waals surface area contributed by atoms with Crippen molar-refractivity contribution in [3.8, 4) is 0 Å². The Morgan fingerprint density at radius 1 is 0.950 bits per heavy atom. The van der Waals surface area contributed by atoms with Gasteiger partial charge in [-0.15, -0.1) is 0 Å². The van der Waals surface area contributed by atoms with E-state index in [0.29, 0.717) is 5.92 Å². The van der Waals surface area contributed by atoms with Gasteiger partial charge < -0.3 is 9.31 Å². The van der Waals surface area contributed by atoms with Gasteiger partial charge in [0, 0.05) is 5.82 Å². The van der Waals surface area contributed by atoms with Crippen LogP contribution < -0.4 is 0 Å². The zero-order valence-corrected chi connectivity index (χ0v) is 13.6. The molecule has 20 heavy (non-hydrogen) atoms. The highest BCUT2D eigenvalue weighted by molar-refractivity contribution is 6.47. The summed E-state index contributed by atoms with van der Waals surface area (Å²) in [7, 11) is -0.162. The zero-order valence-electron chi connectivity index (χ0n) is 13.6. The Labute approximate surface area is 124 Å². The molecule has 110 valence electrons. The number of benzene rings is 1. The molecular weight excluding hydrogens is 247 g/mol. The van der Waals surface area contributed by atoms with E-state index in [1.807, 2.05) is 0 Å². The van der Waals surface area contributed by atoms with Gasteiger partial charge in [0.1, 0.15) is 0 Å². The smallest absolute Gasteiger partial charge is 0.403 e. The van der Waals surface area contributed by atoms with Crippen LogP contribution in [0.4, 0.5) is 0 Å². The van der Waals surface area contributed by atoms with Crippen LogP contribution in [0.1, 0.15) is 59.3 Å². The van der Waals surface area contributed by atoms with E-state index < -0.39 is 0 Å². The molecule has 1 fully saturated rings. The van der Waals surface area contributed by atoms with Crippen molar-refractivity contribution in [1.29, 1.82) is 0 Å². The molecule has 0 saturated carbocycles. The fourth-order valence-electron chi connectivity index (χ4n) is 2.67. The minimum Gasteiger partial charge on any atom is -0.403 e. The molecule has 0 amide bonds. The first-order chi connectivity index (χ1) is 9.23. The van der Waals surface area contributed by atoms with E-state index in [9.17, 15) is 0 Å². The summed E-state index contributed by atoms with van der Waals surface area (Å²) in [5, 5.41) is 0. The average molecular weight is 274 g/mol. The van der Waals surface area contributed by atoms with E-state index >= 15 is 0 Å². The van der Waals surface area contributed by atoms with E-state index in [1.54, 1.807) is 0 Å². The molecule has 0 unspecified atom stereocenters. The lowest BCUT2D eigenvalue weighted by Gasteiger charge is -2.32. The Kier molecular flexibility index (Phi) is 4.31. The molecule has 1 atom stereocenters. The van der Waals surface area contributed by atoms with E-state index in [2.05, 4.69) is 71.9 Å². The Bertz CT molecular complexity index is 424. The van der Waals surface area contributed by atoms with Crippen LogP contribution in [0.2, 0.25) is 0 Å². The van der Waals surface area contributed by atoms with Crippen LogP contribution >= 0.6 is 0 Å². The van der Waals surface area contributed by atoms with Gasteiger partial charge in [0.15, 0.2) is 0 Å². The molecule has 1 aliphatic rings. The maximum Gasteiger partial charge on any atom is 0.465 e. The van der Waals surface area contributed by atoms with Gasteiger partial charge in [0.05, 0.1) is 11.2 Å². The Balaban J connectivity index is 2.26. The molecular formula is C17H27BO2. The minimum absolute atomic E-state index is 0.162. The lowest BCUT2D eigenvalue weighted by Crippen LogP contribution is -2.41. The number of rotatable bonds is 4. The van der Waals surface area contributed by atoms with Crippen molar-refractivity contribution in [2.75, 3.05) is 0 Å². The zero-order chi connectivity index (χ0) is 15.0. The normalized spacial score (nSPS) is 22.2. The molecule has 0 aliphatic carbocycles. The molecule has 0 N–H and O–H groups in total. The second-order valence-corrected chi connectivity index (χ2v) is 7.27. The molecule has 3 heteroatoms. The number of hydrogen-bond donors (Lipinski definition) is 0. The molecule has 2 nitrogen and oxygen atoms in total. The fourth-order valence-corrected chi connectivity index (χ4v) is 2.67. The molecule has 1 saturated heterocycles. The summed E-state index contributed by atoms with van der Waals surface area (Å²) < 4.78 is 12.5.